The molecule has 2 aromatic heterocycles. The minimum atomic E-state index is -1.14. The van der Waals surface area contributed by atoms with Gasteiger partial charge in [0.2, 0.25) is 0 Å². The molecule has 1 unspecified atom stereocenters. The molecule has 0 bridgehead atoms. The van der Waals surface area contributed by atoms with Crippen molar-refractivity contribution in [1.29, 1.82) is 0 Å². The first-order chi connectivity index (χ1) is 12.1. The number of pyridine rings is 1. The lowest BCUT2D eigenvalue weighted by Crippen LogP contribution is -2.22. The highest BCUT2D eigenvalue weighted by Gasteiger charge is 2.25. The summed E-state index contributed by atoms with van der Waals surface area (Å²) in [7, 11) is 0. The number of rotatable bonds is 5. The molecular formula is C18H17N3O3S. The lowest BCUT2D eigenvalue weighted by atomic mass is 9.89. The van der Waals surface area contributed by atoms with Gasteiger partial charge in [-0.2, -0.15) is 0 Å². The molecule has 0 radical (unpaired) electrons. The molecule has 0 aliphatic rings. The molecule has 25 heavy (non-hydrogen) atoms. The highest BCUT2D eigenvalue weighted by atomic mass is 32.1. The van der Waals surface area contributed by atoms with E-state index in [-0.39, 0.29) is 6.61 Å². The highest BCUT2D eigenvalue weighted by Crippen LogP contribution is 2.29. The molecule has 0 saturated heterocycles. The maximum atomic E-state index is 11.8. The molecule has 7 heteroatoms. The first-order valence-electron chi connectivity index (χ1n) is 7.60. The summed E-state index contributed by atoms with van der Waals surface area (Å²) in [6, 6.07) is 10.5. The number of nitrogens with zero attached hydrogens (tertiary/aromatic N) is 2. The number of aliphatic hydroxyl groups is 1. The van der Waals surface area contributed by atoms with Gasteiger partial charge in [-0.15, -0.1) is 11.3 Å². The third kappa shape index (κ3) is 4.20. The van der Waals surface area contributed by atoms with E-state index in [9.17, 15) is 9.90 Å². The fourth-order valence-corrected chi connectivity index (χ4v) is 2.83. The molecule has 0 fully saturated rings. The number of carbonyl (C=O) groups excluding carboxylic acids is 1. The molecule has 0 aliphatic heterocycles. The van der Waals surface area contributed by atoms with Gasteiger partial charge in [-0.25, -0.2) is 4.79 Å². The van der Waals surface area contributed by atoms with E-state index in [1.807, 2.05) is 0 Å². The number of hydrogen-bond acceptors (Lipinski definition) is 6. The average molecular weight is 355 g/mol. The van der Waals surface area contributed by atoms with E-state index in [0.717, 1.165) is 10.4 Å². The second-order valence-corrected chi connectivity index (χ2v) is 6.53. The molecule has 6 nitrogen and oxygen atoms in total. The number of nitrogens with one attached hydrogen (secondary N) is 1. The largest absolute Gasteiger partial charge is 0.444 e. The van der Waals surface area contributed by atoms with Crippen molar-refractivity contribution < 1.29 is 14.6 Å². The third-order valence-electron chi connectivity index (χ3n) is 3.76. The summed E-state index contributed by atoms with van der Waals surface area (Å²) in [4.78, 5) is 20.6. The van der Waals surface area contributed by atoms with E-state index in [4.69, 9.17) is 4.74 Å². The van der Waals surface area contributed by atoms with Gasteiger partial charge in [-0.05, 0) is 42.3 Å². The SMILES string of the molecule is CC(O)(c1ccncc1)c1ccc(NC(=O)OCc2cncs2)cc1. The number of carbonyl (C=O) groups is 1. The van der Waals surface area contributed by atoms with Crippen LogP contribution in [0.15, 0.2) is 60.5 Å². The third-order valence-corrected chi connectivity index (χ3v) is 4.52. The molecule has 128 valence electrons. The molecule has 1 aromatic carbocycles. The monoisotopic (exact) mass is 355 g/mol. The number of amides is 1. The number of aromatic nitrogens is 2. The van der Waals surface area contributed by atoms with Crippen LogP contribution in [0, 0.1) is 0 Å². The molecule has 2 heterocycles. The van der Waals surface area contributed by atoms with Gasteiger partial charge in [0.05, 0.1) is 10.4 Å². The van der Waals surface area contributed by atoms with Crippen LogP contribution in [-0.2, 0) is 16.9 Å². The fraction of sp³-hybridized carbons (Fsp3) is 0.167. The predicted octanol–water partition coefficient (Wildman–Crippen LogP) is 3.54. The maximum Gasteiger partial charge on any atom is 0.411 e. The van der Waals surface area contributed by atoms with Crippen molar-refractivity contribution in [2.24, 2.45) is 0 Å². The summed E-state index contributed by atoms with van der Waals surface area (Å²) >= 11 is 1.43. The van der Waals surface area contributed by atoms with Gasteiger partial charge >= 0.3 is 6.09 Å². The number of ether oxygens (including phenoxy) is 1. The van der Waals surface area contributed by atoms with Crippen LogP contribution in [0.1, 0.15) is 22.9 Å². The van der Waals surface area contributed by atoms with Gasteiger partial charge in [-0.3, -0.25) is 15.3 Å². The summed E-state index contributed by atoms with van der Waals surface area (Å²) in [5.41, 5.74) is 2.58. The van der Waals surface area contributed by atoms with Crippen molar-refractivity contribution in [3.05, 3.63) is 76.5 Å². The van der Waals surface area contributed by atoms with Crippen LogP contribution in [0.5, 0.6) is 0 Å². The summed E-state index contributed by atoms with van der Waals surface area (Å²) in [5, 5.41) is 13.4. The Morgan fingerprint density at radius 3 is 2.48 bits per heavy atom. The number of anilines is 1. The summed E-state index contributed by atoms with van der Waals surface area (Å²) < 4.78 is 5.12. The Balaban J connectivity index is 1.63. The smallest absolute Gasteiger partial charge is 0.411 e. The zero-order valence-electron chi connectivity index (χ0n) is 13.5. The molecule has 0 saturated carbocycles. The molecule has 1 amide bonds. The van der Waals surface area contributed by atoms with E-state index in [1.165, 1.54) is 11.3 Å². The molecule has 3 aromatic rings. The summed E-state index contributed by atoms with van der Waals surface area (Å²) in [6.07, 6.45) is 4.40. The van der Waals surface area contributed by atoms with Crippen molar-refractivity contribution in [2.75, 3.05) is 5.32 Å². The maximum absolute atomic E-state index is 11.8. The van der Waals surface area contributed by atoms with E-state index in [0.29, 0.717) is 11.3 Å². The number of thiazole rings is 1. The summed E-state index contributed by atoms with van der Waals surface area (Å²) in [5.74, 6) is 0. The Bertz CT molecular complexity index is 819. The first kappa shape index (κ1) is 17.1. The molecule has 0 spiro atoms. The van der Waals surface area contributed by atoms with E-state index in [2.05, 4.69) is 15.3 Å². The van der Waals surface area contributed by atoms with Gasteiger partial charge in [0.25, 0.3) is 0 Å². The van der Waals surface area contributed by atoms with Crippen LogP contribution in [-0.4, -0.2) is 21.2 Å². The van der Waals surface area contributed by atoms with Crippen LogP contribution >= 0.6 is 11.3 Å². The molecule has 2 N–H and O–H groups in total. The molecular weight excluding hydrogens is 338 g/mol. The Morgan fingerprint density at radius 1 is 1.16 bits per heavy atom. The van der Waals surface area contributed by atoms with E-state index in [1.54, 1.807) is 67.4 Å². The van der Waals surface area contributed by atoms with Crippen molar-refractivity contribution in [3.8, 4) is 0 Å². The Hall–Kier alpha value is -2.77. The van der Waals surface area contributed by atoms with Crippen LogP contribution in [0.3, 0.4) is 0 Å². The second-order valence-electron chi connectivity index (χ2n) is 5.55. The number of benzene rings is 1. The van der Waals surface area contributed by atoms with E-state index < -0.39 is 11.7 Å². The highest BCUT2D eigenvalue weighted by molar-refractivity contribution is 7.09. The molecule has 3 rings (SSSR count). The zero-order valence-corrected chi connectivity index (χ0v) is 14.4. The van der Waals surface area contributed by atoms with Gasteiger partial charge < -0.3 is 9.84 Å². The van der Waals surface area contributed by atoms with E-state index >= 15 is 0 Å². The van der Waals surface area contributed by atoms with Crippen molar-refractivity contribution in [3.63, 3.8) is 0 Å². The average Bonchev–Trinajstić information content (AvgIpc) is 3.15. The predicted molar refractivity (Wildman–Crippen MR) is 95.3 cm³/mol. The topological polar surface area (TPSA) is 84.3 Å². The normalized spacial score (nSPS) is 13.0. The Labute approximate surface area is 149 Å². The van der Waals surface area contributed by atoms with Gasteiger partial charge in [0, 0.05) is 24.3 Å². The first-order valence-corrected chi connectivity index (χ1v) is 8.48. The van der Waals surface area contributed by atoms with Crippen molar-refractivity contribution in [1.82, 2.24) is 9.97 Å². The molecule has 0 aliphatic carbocycles. The Morgan fingerprint density at radius 2 is 1.84 bits per heavy atom. The van der Waals surface area contributed by atoms with Crippen LogP contribution in [0.25, 0.3) is 0 Å². The van der Waals surface area contributed by atoms with Crippen molar-refractivity contribution in [2.45, 2.75) is 19.1 Å². The summed E-state index contributed by atoms with van der Waals surface area (Å²) in [6.45, 7) is 1.90. The lowest BCUT2D eigenvalue weighted by molar-refractivity contribution is 0.102. The fourth-order valence-electron chi connectivity index (χ4n) is 2.33. The minimum absolute atomic E-state index is 0.186. The van der Waals surface area contributed by atoms with Crippen LogP contribution < -0.4 is 5.32 Å². The Kier molecular flexibility index (Phi) is 5.06. The van der Waals surface area contributed by atoms with Gasteiger partial charge in [0.1, 0.15) is 12.2 Å². The zero-order chi connectivity index (χ0) is 17.7. The lowest BCUT2D eigenvalue weighted by Gasteiger charge is -2.24. The van der Waals surface area contributed by atoms with Crippen LogP contribution in [0.4, 0.5) is 10.5 Å². The van der Waals surface area contributed by atoms with Gasteiger partial charge in [-0.1, -0.05) is 12.1 Å². The minimum Gasteiger partial charge on any atom is -0.444 e. The number of hydrogen-bond donors (Lipinski definition) is 2. The second kappa shape index (κ2) is 7.42. The van der Waals surface area contributed by atoms with Crippen LogP contribution in [0.2, 0.25) is 0 Å². The molecule has 1 atom stereocenters. The standard InChI is InChI=1S/C18H17N3O3S/c1-18(23,14-6-8-19-9-7-14)13-2-4-15(5-3-13)21-17(22)24-11-16-10-20-12-25-16/h2-10,12,23H,11H2,1H3,(H,21,22). The van der Waals surface area contributed by atoms with Gasteiger partial charge in [0.15, 0.2) is 0 Å². The quantitative estimate of drug-likeness (QED) is 0.731. The van der Waals surface area contributed by atoms with Crippen molar-refractivity contribution >= 4 is 23.1 Å².